The van der Waals surface area contributed by atoms with Crippen LogP contribution in [0.5, 0.6) is 5.75 Å². The third kappa shape index (κ3) is 5.23. The predicted molar refractivity (Wildman–Crippen MR) is 97.2 cm³/mol. The van der Waals surface area contributed by atoms with Crippen LogP contribution in [-0.4, -0.2) is 17.6 Å². The molecular formula is C17H17ClN2O2S. The molecule has 1 amide bonds. The fourth-order valence-corrected chi connectivity index (χ4v) is 2.29. The lowest BCUT2D eigenvalue weighted by Gasteiger charge is -2.12. The van der Waals surface area contributed by atoms with Gasteiger partial charge in [-0.15, -0.1) is 0 Å². The number of benzene rings is 2. The summed E-state index contributed by atoms with van der Waals surface area (Å²) in [5.41, 5.74) is 2.68. The molecule has 23 heavy (non-hydrogen) atoms. The number of anilines is 1. The Labute approximate surface area is 145 Å². The lowest BCUT2D eigenvalue weighted by atomic mass is 10.1. The smallest absolute Gasteiger partial charge is 0.264 e. The van der Waals surface area contributed by atoms with Crippen molar-refractivity contribution in [1.82, 2.24) is 5.32 Å². The third-order valence-electron chi connectivity index (χ3n) is 3.08. The molecule has 0 radical (unpaired) electrons. The van der Waals surface area contributed by atoms with Crippen LogP contribution in [0.4, 0.5) is 5.69 Å². The number of thiocarbonyl (C=S) groups is 1. The highest BCUT2D eigenvalue weighted by atomic mass is 35.5. The van der Waals surface area contributed by atoms with E-state index in [0.29, 0.717) is 16.5 Å². The van der Waals surface area contributed by atoms with Gasteiger partial charge in [0, 0.05) is 0 Å². The molecule has 120 valence electrons. The molecule has 4 nitrogen and oxygen atoms in total. The maximum absolute atomic E-state index is 11.9. The molecule has 0 aliphatic carbocycles. The van der Waals surface area contributed by atoms with Crippen LogP contribution in [0.25, 0.3) is 0 Å². The molecule has 6 heteroatoms. The van der Waals surface area contributed by atoms with Gasteiger partial charge in [0.25, 0.3) is 5.91 Å². The lowest BCUT2D eigenvalue weighted by molar-refractivity contribution is -0.121. The Morgan fingerprint density at radius 1 is 1.22 bits per heavy atom. The number of amides is 1. The lowest BCUT2D eigenvalue weighted by Crippen LogP contribution is -2.37. The molecule has 0 aliphatic rings. The van der Waals surface area contributed by atoms with Gasteiger partial charge in [-0.25, -0.2) is 0 Å². The van der Waals surface area contributed by atoms with Crippen molar-refractivity contribution in [2.75, 3.05) is 11.9 Å². The zero-order chi connectivity index (χ0) is 16.8. The molecule has 2 rings (SSSR count). The summed E-state index contributed by atoms with van der Waals surface area (Å²) in [5.74, 6) is 0.348. The van der Waals surface area contributed by atoms with E-state index in [9.17, 15) is 4.79 Å². The van der Waals surface area contributed by atoms with Gasteiger partial charge in [0.1, 0.15) is 5.75 Å². The standard InChI is InChI=1S/C17H17ClN2O2S/c1-11-7-8-12(2)15(9-11)22-10-16(21)20-17(23)19-14-6-4-3-5-13(14)18/h3-9H,10H2,1-2H3,(H2,19,20,21,23). The van der Waals surface area contributed by atoms with E-state index in [1.54, 1.807) is 12.1 Å². The van der Waals surface area contributed by atoms with Crippen LogP contribution in [0.3, 0.4) is 0 Å². The molecule has 0 atom stereocenters. The minimum atomic E-state index is -0.338. The zero-order valence-electron chi connectivity index (χ0n) is 12.9. The zero-order valence-corrected chi connectivity index (χ0v) is 14.4. The van der Waals surface area contributed by atoms with Crippen LogP contribution in [0.1, 0.15) is 11.1 Å². The highest BCUT2D eigenvalue weighted by Gasteiger charge is 2.08. The Hall–Kier alpha value is -2.11. The number of ether oxygens (including phenoxy) is 1. The topological polar surface area (TPSA) is 50.4 Å². The van der Waals surface area contributed by atoms with Crippen molar-refractivity contribution in [3.05, 3.63) is 58.6 Å². The van der Waals surface area contributed by atoms with E-state index in [4.69, 9.17) is 28.6 Å². The van der Waals surface area contributed by atoms with E-state index >= 15 is 0 Å². The highest BCUT2D eigenvalue weighted by molar-refractivity contribution is 7.80. The number of carbonyl (C=O) groups excluding carboxylic acids is 1. The number of aryl methyl sites for hydroxylation is 2. The second kappa shape index (κ2) is 7.94. The van der Waals surface area contributed by atoms with E-state index < -0.39 is 0 Å². The summed E-state index contributed by atoms with van der Waals surface area (Å²) >= 11 is 11.1. The van der Waals surface area contributed by atoms with Crippen molar-refractivity contribution < 1.29 is 9.53 Å². The molecule has 0 fully saturated rings. The van der Waals surface area contributed by atoms with Crippen molar-refractivity contribution in [3.8, 4) is 5.75 Å². The molecule has 0 saturated heterocycles. The van der Waals surface area contributed by atoms with Gasteiger partial charge in [-0.1, -0.05) is 35.9 Å². The molecule has 0 aliphatic heterocycles. The van der Waals surface area contributed by atoms with Gasteiger partial charge in [0.2, 0.25) is 0 Å². The first-order chi connectivity index (χ1) is 11.0. The van der Waals surface area contributed by atoms with Crippen molar-refractivity contribution >= 4 is 40.5 Å². The van der Waals surface area contributed by atoms with Gasteiger partial charge in [-0.05, 0) is 55.4 Å². The van der Waals surface area contributed by atoms with E-state index in [2.05, 4.69) is 10.6 Å². The Bertz CT molecular complexity index is 734. The maximum Gasteiger partial charge on any atom is 0.264 e. The van der Waals surface area contributed by atoms with Crippen molar-refractivity contribution in [3.63, 3.8) is 0 Å². The third-order valence-corrected chi connectivity index (χ3v) is 3.61. The van der Waals surface area contributed by atoms with E-state index in [1.165, 1.54) is 0 Å². The first kappa shape index (κ1) is 17.2. The quantitative estimate of drug-likeness (QED) is 0.824. The number of halogens is 1. The second-order valence-electron chi connectivity index (χ2n) is 5.04. The summed E-state index contributed by atoms with van der Waals surface area (Å²) in [6.07, 6.45) is 0. The molecule has 2 aromatic rings. The maximum atomic E-state index is 11.9. The Balaban J connectivity index is 1.86. The summed E-state index contributed by atoms with van der Waals surface area (Å²) in [6, 6.07) is 13.0. The Morgan fingerprint density at radius 2 is 1.96 bits per heavy atom. The van der Waals surface area contributed by atoms with Crippen LogP contribution in [-0.2, 0) is 4.79 Å². The van der Waals surface area contributed by atoms with Gasteiger partial charge in [-0.2, -0.15) is 0 Å². The predicted octanol–water partition coefficient (Wildman–Crippen LogP) is 3.85. The number of rotatable bonds is 4. The number of hydrogen-bond donors (Lipinski definition) is 2. The normalized spacial score (nSPS) is 10.0. The number of carbonyl (C=O) groups is 1. The number of para-hydroxylation sites is 1. The van der Waals surface area contributed by atoms with Crippen LogP contribution in [0.15, 0.2) is 42.5 Å². The van der Waals surface area contributed by atoms with Gasteiger partial charge in [0.05, 0.1) is 10.7 Å². The van der Waals surface area contributed by atoms with E-state index in [0.717, 1.165) is 11.1 Å². The van der Waals surface area contributed by atoms with Crippen LogP contribution in [0.2, 0.25) is 5.02 Å². The van der Waals surface area contributed by atoms with Gasteiger partial charge in [0.15, 0.2) is 11.7 Å². The van der Waals surface area contributed by atoms with Crippen molar-refractivity contribution in [2.45, 2.75) is 13.8 Å². The first-order valence-corrected chi connectivity index (χ1v) is 7.80. The summed E-state index contributed by atoms with van der Waals surface area (Å²) in [7, 11) is 0. The molecule has 2 N–H and O–H groups in total. The average Bonchev–Trinajstić information content (AvgIpc) is 2.50. The second-order valence-corrected chi connectivity index (χ2v) is 5.86. The molecule has 0 bridgehead atoms. The molecule has 0 unspecified atom stereocenters. The van der Waals surface area contributed by atoms with E-state index in [-0.39, 0.29) is 17.6 Å². The summed E-state index contributed by atoms with van der Waals surface area (Å²) in [6.45, 7) is 3.78. The SMILES string of the molecule is Cc1ccc(C)c(OCC(=O)NC(=S)Nc2ccccc2Cl)c1. The molecular weight excluding hydrogens is 332 g/mol. The van der Waals surface area contributed by atoms with Crippen LogP contribution in [0, 0.1) is 13.8 Å². The van der Waals surface area contributed by atoms with Crippen LogP contribution >= 0.6 is 23.8 Å². The molecule has 0 spiro atoms. The molecule has 2 aromatic carbocycles. The fraction of sp³-hybridized carbons (Fsp3) is 0.176. The van der Waals surface area contributed by atoms with Gasteiger partial charge < -0.3 is 10.1 Å². The minimum absolute atomic E-state index is 0.116. The molecule has 0 saturated carbocycles. The average molecular weight is 349 g/mol. The monoisotopic (exact) mass is 348 g/mol. The summed E-state index contributed by atoms with van der Waals surface area (Å²) < 4.78 is 5.53. The number of nitrogens with one attached hydrogen (secondary N) is 2. The Kier molecular flexibility index (Phi) is 5.96. The number of hydrogen-bond acceptors (Lipinski definition) is 3. The highest BCUT2D eigenvalue weighted by Crippen LogP contribution is 2.20. The summed E-state index contributed by atoms with van der Waals surface area (Å²) in [4.78, 5) is 11.9. The Morgan fingerprint density at radius 3 is 2.70 bits per heavy atom. The molecule has 0 aromatic heterocycles. The fourth-order valence-electron chi connectivity index (χ4n) is 1.88. The van der Waals surface area contributed by atoms with Crippen molar-refractivity contribution in [2.24, 2.45) is 0 Å². The molecule has 0 heterocycles. The van der Waals surface area contributed by atoms with Crippen molar-refractivity contribution in [1.29, 1.82) is 0 Å². The first-order valence-electron chi connectivity index (χ1n) is 7.01. The van der Waals surface area contributed by atoms with Gasteiger partial charge >= 0.3 is 0 Å². The minimum Gasteiger partial charge on any atom is -0.483 e. The largest absolute Gasteiger partial charge is 0.483 e. The summed E-state index contributed by atoms with van der Waals surface area (Å²) in [5, 5.41) is 6.13. The van der Waals surface area contributed by atoms with Gasteiger partial charge in [-0.3, -0.25) is 10.1 Å². The van der Waals surface area contributed by atoms with Crippen LogP contribution < -0.4 is 15.4 Å². The van der Waals surface area contributed by atoms with E-state index in [1.807, 2.05) is 44.2 Å².